The fraction of sp³-hybridized carbons (Fsp3) is 0.158. The summed E-state index contributed by atoms with van der Waals surface area (Å²) in [6.07, 6.45) is -2.31. The first kappa shape index (κ1) is 19.2. The van der Waals surface area contributed by atoms with Gasteiger partial charge in [-0.25, -0.2) is 0 Å². The zero-order valence-electron chi connectivity index (χ0n) is 14.6. The summed E-state index contributed by atoms with van der Waals surface area (Å²) < 4.78 is 29.5. The van der Waals surface area contributed by atoms with Gasteiger partial charge in [0.2, 0.25) is 17.6 Å². The van der Waals surface area contributed by atoms with Crippen LogP contribution in [0.2, 0.25) is 0 Å². The van der Waals surface area contributed by atoms with Crippen molar-refractivity contribution in [1.29, 1.82) is 0 Å². The number of hydrogen-bond donors (Lipinski definition) is 2. The van der Waals surface area contributed by atoms with Crippen LogP contribution in [0, 0.1) is 0 Å². The number of carbonyl (C=O) groups excluding carboxylic acids is 2. The molecule has 3 aromatic rings. The van der Waals surface area contributed by atoms with E-state index in [4.69, 9.17) is 5.73 Å². The van der Waals surface area contributed by atoms with Crippen molar-refractivity contribution in [2.24, 2.45) is 5.73 Å². The molecule has 0 bridgehead atoms. The highest BCUT2D eigenvalue weighted by molar-refractivity contribution is 5.95. The summed E-state index contributed by atoms with van der Waals surface area (Å²) in [6, 6.07) is 13.2. The van der Waals surface area contributed by atoms with Gasteiger partial charge in [-0.2, -0.15) is 13.8 Å². The molecule has 0 spiro atoms. The second-order valence-corrected chi connectivity index (χ2v) is 5.90. The average molecular weight is 386 g/mol. The number of halogens is 2. The van der Waals surface area contributed by atoms with E-state index in [0.29, 0.717) is 28.8 Å². The first-order valence-corrected chi connectivity index (χ1v) is 8.34. The van der Waals surface area contributed by atoms with E-state index in [2.05, 4.69) is 20.0 Å². The molecule has 9 heteroatoms. The van der Waals surface area contributed by atoms with Crippen molar-refractivity contribution in [3.63, 3.8) is 0 Å². The monoisotopic (exact) mass is 386 g/mol. The first-order chi connectivity index (χ1) is 13.4. The molecule has 0 aliphatic rings. The molecule has 0 aliphatic heterocycles. The van der Waals surface area contributed by atoms with Gasteiger partial charge < -0.3 is 15.6 Å². The van der Waals surface area contributed by atoms with E-state index in [0.717, 1.165) is 0 Å². The molecule has 28 heavy (non-hydrogen) atoms. The fourth-order valence-corrected chi connectivity index (χ4v) is 2.59. The van der Waals surface area contributed by atoms with Gasteiger partial charge in [-0.05, 0) is 42.3 Å². The predicted molar refractivity (Wildman–Crippen MR) is 96.6 cm³/mol. The molecular weight excluding hydrogens is 370 g/mol. The molecule has 0 radical (unpaired) electrons. The number of nitrogens with zero attached hydrogens (tertiary/aromatic N) is 2. The molecule has 0 saturated carbocycles. The van der Waals surface area contributed by atoms with E-state index in [1.165, 1.54) is 0 Å². The largest absolute Gasteiger partial charge is 0.366 e. The molecule has 0 saturated heterocycles. The van der Waals surface area contributed by atoms with Crippen molar-refractivity contribution in [3.8, 4) is 11.4 Å². The predicted octanol–water partition coefficient (Wildman–Crippen LogP) is 3.34. The van der Waals surface area contributed by atoms with E-state index < -0.39 is 18.2 Å². The van der Waals surface area contributed by atoms with Gasteiger partial charge in [-0.1, -0.05) is 23.4 Å². The Bertz CT molecular complexity index is 987. The van der Waals surface area contributed by atoms with Gasteiger partial charge in [0, 0.05) is 23.2 Å². The molecule has 2 aromatic carbocycles. The summed E-state index contributed by atoms with van der Waals surface area (Å²) in [5.41, 5.74) is 7.42. The van der Waals surface area contributed by atoms with E-state index in [1.54, 1.807) is 48.5 Å². The van der Waals surface area contributed by atoms with Gasteiger partial charge in [-0.3, -0.25) is 9.59 Å². The minimum Gasteiger partial charge on any atom is -0.366 e. The zero-order valence-corrected chi connectivity index (χ0v) is 14.6. The summed E-state index contributed by atoms with van der Waals surface area (Å²) in [6.45, 7) is 0. The van der Waals surface area contributed by atoms with Crippen molar-refractivity contribution in [1.82, 2.24) is 10.1 Å². The Labute approximate surface area is 158 Å². The first-order valence-electron chi connectivity index (χ1n) is 8.34. The second-order valence-electron chi connectivity index (χ2n) is 5.90. The topological polar surface area (TPSA) is 111 Å². The molecular formula is C19H16F2N4O3. The summed E-state index contributed by atoms with van der Waals surface area (Å²) in [5.74, 6) is -1.49. The average Bonchev–Trinajstić information content (AvgIpc) is 3.18. The Balaban J connectivity index is 1.59. The van der Waals surface area contributed by atoms with Crippen LogP contribution in [-0.2, 0) is 11.2 Å². The molecule has 3 N–H and O–H groups in total. The van der Waals surface area contributed by atoms with Gasteiger partial charge in [0.1, 0.15) is 0 Å². The standard InChI is InChI=1S/C19H16F2N4O3/c20-16(21)19-24-18(25-28-19)12-5-8-13(9-6-12)23-15(26)10-7-11-3-1-2-4-14(11)17(22)27/h1-6,8-9,16H,7,10H2,(H2,22,27)(H,23,26). The van der Waals surface area contributed by atoms with E-state index in [-0.39, 0.29) is 18.2 Å². The molecule has 3 rings (SSSR count). The number of nitrogens with one attached hydrogen (secondary N) is 1. The summed E-state index contributed by atoms with van der Waals surface area (Å²) >= 11 is 0. The number of nitrogens with two attached hydrogens (primary N) is 1. The number of aromatic nitrogens is 2. The number of primary amides is 1. The molecule has 7 nitrogen and oxygen atoms in total. The van der Waals surface area contributed by atoms with Crippen LogP contribution >= 0.6 is 0 Å². The van der Waals surface area contributed by atoms with Crippen LogP contribution in [0.5, 0.6) is 0 Å². The number of alkyl halides is 2. The molecule has 1 heterocycles. The van der Waals surface area contributed by atoms with E-state index >= 15 is 0 Å². The highest BCUT2D eigenvalue weighted by atomic mass is 19.3. The molecule has 2 amide bonds. The normalized spacial score (nSPS) is 10.8. The smallest absolute Gasteiger partial charge is 0.315 e. The highest BCUT2D eigenvalue weighted by Gasteiger charge is 2.17. The Kier molecular flexibility index (Phi) is 5.73. The molecule has 0 atom stereocenters. The van der Waals surface area contributed by atoms with Crippen molar-refractivity contribution >= 4 is 17.5 Å². The van der Waals surface area contributed by atoms with Crippen LogP contribution in [0.1, 0.15) is 34.7 Å². The van der Waals surface area contributed by atoms with Crippen LogP contribution in [0.3, 0.4) is 0 Å². The van der Waals surface area contributed by atoms with Crippen LogP contribution in [0.25, 0.3) is 11.4 Å². The van der Waals surface area contributed by atoms with Crippen LogP contribution < -0.4 is 11.1 Å². The van der Waals surface area contributed by atoms with Crippen molar-refractivity contribution < 1.29 is 22.9 Å². The van der Waals surface area contributed by atoms with Crippen LogP contribution in [0.4, 0.5) is 14.5 Å². The number of anilines is 1. The lowest BCUT2D eigenvalue weighted by molar-refractivity contribution is -0.116. The number of hydrogen-bond acceptors (Lipinski definition) is 5. The third-order valence-electron chi connectivity index (χ3n) is 3.96. The van der Waals surface area contributed by atoms with Crippen molar-refractivity contribution in [3.05, 3.63) is 65.5 Å². The van der Waals surface area contributed by atoms with Crippen molar-refractivity contribution in [2.45, 2.75) is 19.3 Å². The number of carbonyl (C=O) groups is 2. The lowest BCUT2D eigenvalue weighted by atomic mass is 10.0. The SMILES string of the molecule is NC(=O)c1ccccc1CCC(=O)Nc1ccc(-c2noc(C(F)F)n2)cc1. The van der Waals surface area contributed by atoms with Gasteiger partial charge in [-0.15, -0.1) is 0 Å². The van der Waals surface area contributed by atoms with Crippen LogP contribution in [-0.4, -0.2) is 22.0 Å². The number of benzene rings is 2. The Hall–Kier alpha value is -3.62. The Morgan fingerprint density at radius 2 is 1.82 bits per heavy atom. The number of rotatable bonds is 7. The molecule has 144 valence electrons. The van der Waals surface area contributed by atoms with Gasteiger partial charge in [0.15, 0.2) is 0 Å². The lowest BCUT2D eigenvalue weighted by Gasteiger charge is -2.08. The van der Waals surface area contributed by atoms with Crippen LogP contribution in [0.15, 0.2) is 53.1 Å². The Morgan fingerprint density at radius 1 is 1.11 bits per heavy atom. The maximum atomic E-state index is 12.5. The number of aryl methyl sites for hydroxylation is 1. The summed E-state index contributed by atoms with van der Waals surface area (Å²) in [7, 11) is 0. The number of amides is 2. The molecule has 0 aliphatic carbocycles. The van der Waals surface area contributed by atoms with Gasteiger partial charge >= 0.3 is 6.43 Å². The van der Waals surface area contributed by atoms with Crippen molar-refractivity contribution in [2.75, 3.05) is 5.32 Å². The lowest BCUT2D eigenvalue weighted by Crippen LogP contribution is -2.16. The fourth-order valence-electron chi connectivity index (χ4n) is 2.59. The van der Waals surface area contributed by atoms with Gasteiger partial charge in [0.25, 0.3) is 5.89 Å². The minimum atomic E-state index is -2.83. The maximum Gasteiger partial charge on any atom is 0.315 e. The molecule has 0 unspecified atom stereocenters. The summed E-state index contributed by atoms with van der Waals surface area (Å²) in [4.78, 5) is 27.2. The summed E-state index contributed by atoms with van der Waals surface area (Å²) in [5, 5.41) is 6.22. The minimum absolute atomic E-state index is 0.0382. The Morgan fingerprint density at radius 3 is 2.46 bits per heavy atom. The molecule has 1 aromatic heterocycles. The zero-order chi connectivity index (χ0) is 20.1. The maximum absolute atomic E-state index is 12.5. The third kappa shape index (κ3) is 4.56. The van der Waals surface area contributed by atoms with E-state index in [9.17, 15) is 18.4 Å². The second kappa shape index (κ2) is 8.38. The molecule has 0 fully saturated rings. The van der Waals surface area contributed by atoms with E-state index in [1.807, 2.05) is 0 Å². The highest BCUT2D eigenvalue weighted by Crippen LogP contribution is 2.23. The quantitative estimate of drug-likeness (QED) is 0.647. The third-order valence-corrected chi connectivity index (χ3v) is 3.96. The van der Waals surface area contributed by atoms with Gasteiger partial charge in [0.05, 0.1) is 0 Å².